The molecule has 2 aromatic carbocycles. The molecule has 0 aliphatic carbocycles. The molecule has 3 aromatic rings. The average Bonchev–Trinajstić information content (AvgIpc) is 2.72. The summed E-state index contributed by atoms with van der Waals surface area (Å²) in [7, 11) is 0. The third-order valence-electron chi connectivity index (χ3n) is 2.99. The Labute approximate surface area is 102 Å². The van der Waals surface area contributed by atoms with Crippen LogP contribution in [0.2, 0.25) is 0 Å². The van der Waals surface area contributed by atoms with Gasteiger partial charge >= 0.3 is 5.97 Å². The third-order valence-corrected chi connectivity index (χ3v) is 2.99. The summed E-state index contributed by atoms with van der Waals surface area (Å²) in [5.41, 5.74) is 1.25. The number of carbonyl (C=O) groups is 1. The Bertz CT molecular complexity index is 755. The first-order chi connectivity index (χ1) is 8.66. The molecule has 0 bridgehead atoms. The van der Waals surface area contributed by atoms with Gasteiger partial charge in [-0.2, -0.15) is 0 Å². The van der Waals surface area contributed by atoms with Gasteiger partial charge in [-0.05, 0) is 23.6 Å². The van der Waals surface area contributed by atoms with Crippen LogP contribution in [0, 0.1) is 0 Å². The van der Waals surface area contributed by atoms with Crippen LogP contribution >= 0.6 is 0 Å². The van der Waals surface area contributed by atoms with Gasteiger partial charge in [-0.25, -0.2) is 0 Å². The number of fused-ring (bicyclic) bond motifs is 3. The molecule has 1 heterocycles. The van der Waals surface area contributed by atoms with Crippen LogP contribution in [0.15, 0.2) is 41.0 Å². The molecule has 0 amide bonds. The summed E-state index contributed by atoms with van der Waals surface area (Å²) < 4.78 is 5.35. The average molecular weight is 242 g/mol. The molecule has 0 saturated heterocycles. The predicted molar refractivity (Wildman–Crippen MR) is 66.7 cm³/mol. The summed E-state index contributed by atoms with van der Waals surface area (Å²) in [5, 5.41) is 20.9. The number of benzene rings is 2. The molecule has 0 unspecified atom stereocenters. The molecular weight excluding hydrogens is 232 g/mol. The van der Waals surface area contributed by atoms with Crippen LogP contribution in [0.1, 0.15) is 5.56 Å². The van der Waals surface area contributed by atoms with Gasteiger partial charge in [-0.3, -0.25) is 4.79 Å². The first-order valence-corrected chi connectivity index (χ1v) is 5.49. The quantitative estimate of drug-likeness (QED) is 0.724. The topological polar surface area (TPSA) is 70.7 Å². The highest BCUT2D eigenvalue weighted by atomic mass is 16.4. The summed E-state index contributed by atoms with van der Waals surface area (Å²) in [5.74, 6) is -0.730. The molecule has 90 valence electrons. The number of aliphatic carboxylic acids is 1. The summed E-state index contributed by atoms with van der Waals surface area (Å²) in [6.07, 6.45) is 1.37. The lowest BCUT2D eigenvalue weighted by Crippen LogP contribution is -1.98. The van der Waals surface area contributed by atoms with Gasteiger partial charge in [0.1, 0.15) is 11.3 Å². The Morgan fingerprint density at radius 2 is 2.00 bits per heavy atom. The van der Waals surface area contributed by atoms with Gasteiger partial charge in [0, 0.05) is 16.3 Å². The molecule has 4 heteroatoms. The molecule has 0 atom stereocenters. The minimum absolute atomic E-state index is 0.0955. The van der Waals surface area contributed by atoms with Crippen molar-refractivity contribution in [1.29, 1.82) is 0 Å². The second-order valence-corrected chi connectivity index (χ2v) is 4.14. The number of rotatable bonds is 2. The Morgan fingerprint density at radius 3 is 2.78 bits per heavy atom. The molecule has 2 N–H and O–H groups in total. The first kappa shape index (κ1) is 10.7. The van der Waals surface area contributed by atoms with E-state index in [-0.39, 0.29) is 12.2 Å². The molecule has 3 rings (SSSR count). The van der Waals surface area contributed by atoms with Crippen molar-refractivity contribution >= 4 is 27.7 Å². The Kier molecular flexibility index (Phi) is 2.23. The van der Waals surface area contributed by atoms with Gasteiger partial charge in [0.25, 0.3) is 0 Å². The smallest absolute Gasteiger partial charge is 0.307 e. The Balaban J connectivity index is 2.40. The highest BCUT2D eigenvalue weighted by molar-refractivity contribution is 6.09. The normalized spacial score (nSPS) is 11.1. The zero-order valence-corrected chi connectivity index (χ0v) is 9.38. The summed E-state index contributed by atoms with van der Waals surface area (Å²) in [4.78, 5) is 10.8. The van der Waals surface area contributed by atoms with E-state index in [4.69, 9.17) is 9.52 Å². The van der Waals surface area contributed by atoms with Gasteiger partial charge in [-0.1, -0.05) is 12.1 Å². The molecule has 0 saturated carbocycles. The van der Waals surface area contributed by atoms with Crippen molar-refractivity contribution < 1.29 is 19.4 Å². The van der Waals surface area contributed by atoms with Crippen molar-refractivity contribution in [3.63, 3.8) is 0 Å². The van der Waals surface area contributed by atoms with Crippen molar-refractivity contribution in [2.75, 3.05) is 0 Å². The number of aromatic hydroxyl groups is 1. The maximum atomic E-state index is 10.8. The van der Waals surface area contributed by atoms with Gasteiger partial charge < -0.3 is 14.6 Å². The highest BCUT2D eigenvalue weighted by Crippen LogP contribution is 2.33. The molecule has 1 aromatic heterocycles. The fourth-order valence-corrected chi connectivity index (χ4v) is 2.24. The van der Waals surface area contributed by atoms with E-state index in [9.17, 15) is 9.90 Å². The maximum Gasteiger partial charge on any atom is 0.307 e. The van der Waals surface area contributed by atoms with Gasteiger partial charge in [0.15, 0.2) is 0 Å². The molecular formula is C14H10O4. The van der Waals surface area contributed by atoms with E-state index >= 15 is 0 Å². The number of phenols is 1. The number of carboxylic acid groups (broad SMARTS) is 1. The minimum atomic E-state index is -0.908. The van der Waals surface area contributed by atoms with Crippen LogP contribution < -0.4 is 0 Å². The first-order valence-electron chi connectivity index (χ1n) is 5.49. The molecule has 0 aliphatic heterocycles. The SMILES string of the molecule is O=C(O)Cc1coc2ccc3c(O)cccc3c12. The number of carboxylic acids is 1. The number of hydrogen-bond acceptors (Lipinski definition) is 3. The molecule has 0 radical (unpaired) electrons. The van der Waals surface area contributed by atoms with E-state index < -0.39 is 5.97 Å². The summed E-state index contributed by atoms with van der Waals surface area (Å²) in [6.45, 7) is 0. The fourth-order valence-electron chi connectivity index (χ4n) is 2.24. The number of furan rings is 1. The Hall–Kier alpha value is -2.49. The minimum Gasteiger partial charge on any atom is -0.507 e. The summed E-state index contributed by atoms with van der Waals surface area (Å²) in [6, 6.07) is 8.68. The van der Waals surface area contributed by atoms with Crippen LogP contribution in [-0.4, -0.2) is 16.2 Å². The number of hydrogen-bond donors (Lipinski definition) is 2. The molecule has 18 heavy (non-hydrogen) atoms. The maximum absolute atomic E-state index is 10.8. The van der Waals surface area contributed by atoms with Crippen molar-refractivity contribution in [2.45, 2.75) is 6.42 Å². The van der Waals surface area contributed by atoms with Crippen LogP contribution in [0.25, 0.3) is 21.7 Å². The van der Waals surface area contributed by atoms with Gasteiger partial charge in [-0.15, -0.1) is 0 Å². The van der Waals surface area contributed by atoms with Crippen LogP contribution in [-0.2, 0) is 11.2 Å². The van der Waals surface area contributed by atoms with Gasteiger partial charge in [0.05, 0.1) is 12.7 Å². The van der Waals surface area contributed by atoms with E-state index in [2.05, 4.69) is 0 Å². The molecule has 0 aliphatic rings. The van der Waals surface area contributed by atoms with Crippen molar-refractivity contribution in [2.24, 2.45) is 0 Å². The predicted octanol–water partition coefficient (Wildman–Crippen LogP) is 2.92. The second kappa shape index (κ2) is 3.77. The molecule has 4 nitrogen and oxygen atoms in total. The standard InChI is InChI=1S/C14H10O4/c15-11-3-1-2-10-9(11)4-5-12-14(10)8(7-18-12)6-13(16)17/h1-5,7,15H,6H2,(H,16,17). The van der Waals surface area contributed by atoms with Crippen molar-refractivity contribution in [3.8, 4) is 5.75 Å². The van der Waals surface area contributed by atoms with Crippen LogP contribution in [0.3, 0.4) is 0 Å². The highest BCUT2D eigenvalue weighted by Gasteiger charge is 2.13. The van der Waals surface area contributed by atoms with Crippen molar-refractivity contribution in [1.82, 2.24) is 0 Å². The van der Waals surface area contributed by atoms with Gasteiger partial charge in [0.2, 0.25) is 0 Å². The van der Waals surface area contributed by atoms with E-state index in [1.165, 1.54) is 6.26 Å². The molecule has 0 fully saturated rings. The zero-order chi connectivity index (χ0) is 12.7. The number of phenolic OH excluding ortho intramolecular Hbond substituents is 1. The second-order valence-electron chi connectivity index (χ2n) is 4.14. The fraction of sp³-hybridized carbons (Fsp3) is 0.0714. The zero-order valence-electron chi connectivity index (χ0n) is 9.38. The van der Waals surface area contributed by atoms with Crippen molar-refractivity contribution in [3.05, 3.63) is 42.2 Å². The van der Waals surface area contributed by atoms with Crippen LogP contribution in [0.4, 0.5) is 0 Å². The van der Waals surface area contributed by atoms with E-state index in [1.807, 2.05) is 6.07 Å². The van der Waals surface area contributed by atoms with Crippen LogP contribution in [0.5, 0.6) is 5.75 Å². The lowest BCUT2D eigenvalue weighted by atomic mass is 10.0. The van der Waals surface area contributed by atoms with E-state index in [1.54, 1.807) is 24.3 Å². The van der Waals surface area contributed by atoms with E-state index in [0.29, 0.717) is 16.5 Å². The van der Waals surface area contributed by atoms with E-state index in [0.717, 1.165) is 10.8 Å². The Morgan fingerprint density at radius 1 is 1.17 bits per heavy atom. The third kappa shape index (κ3) is 1.50. The summed E-state index contributed by atoms with van der Waals surface area (Å²) >= 11 is 0. The lowest BCUT2D eigenvalue weighted by molar-refractivity contribution is -0.136. The largest absolute Gasteiger partial charge is 0.507 e. The monoisotopic (exact) mass is 242 g/mol. The molecule has 0 spiro atoms. The lowest BCUT2D eigenvalue weighted by Gasteiger charge is -2.02.